The molecule has 7 heteroatoms. The summed E-state index contributed by atoms with van der Waals surface area (Å²) in [7, 11) is 0. The molecule has 0 spiro atoms. The molecule has 5 nitrogen and oxygen atoms in total. The fourth-order valence-electron chi connectivity index (χ4n) is 2.08. The number of nitrogens with zero attached hydrogens (tertiary/aromatic N) is 1. The number of aromatic nitrogens is 2. The first-order valence-corrected chi connectivity index (χ1v) is 6.81. The number of rotatable bonds is 2. The molecule has 0 bridgehead atoms. The Balaban J connectivity index is 2.04. The van der Waals surface area contributed by atoms with Gasteiger partial charge in [0.2, 0.25) is 11.6 Å². The molecule has 1 heterocycles. The highest BCUT2D eigenvalue weighted by atomic mass is 35.5. The van der Waals surface area contributed by atoms with Crippen molar-refractivity contribution in [1.82, 2.24) is 9.97 Å². The van der Waals surface area contributed by atoms with Crippen molar-refractivity contribution in [1.29, 1.82) is 0 Å². The van der Waals surface area contributed by atoms with Gasteiger partial charge in [0.25, 0.3) is 0 Å². The quantitative estimate of drug-likeness (QED) is 0.889. The number of anilines is 1. The number of ketones is 2. The van der Waals surface area contributed by atoms with Crippen molar-refractivity contribution < 1.29 is 9.59 Å². The normalized spacial score (nSPS) is 14.4. The Kier molecular flexibility index (Phi) is 3.31. The Morgan fingerprint density at radius 2 is 1.95 bits per heavy atom. The zero-order chi connectivity index (χ0) is 15.1. The van der Waals surface area contributed by atoms with E-state index in [9.17, 15) is 9.59 Å². The number of fused-ring (bicyclic) bond motifs is 1. The third-order valence-corrected chi connectivity index (χ3v) is 3.60. The number of halogens is 2. The number of H-pyrrole nitrogens is 1. The second-order valence-electron chi connectivity index (χ2n) is 4.53. The summed E-state index contributed by atoms with van der Waals surface area (Å²) in [5.41, 5.74) is 0.765. The highest BCUT2D eigenvalue weighted by molar-refractivity contribution is 6.49. The van der Waals surface area contributed by atoms with Crippen molar-refractivity contribution in [2.45, 2.75) is 6.92 Å². The molecule has 3 rings (SSSR count). The molecule has 0 aliphatic heterocycles. The summed E-state index contributed by atoms with van der Waals surface area (Å²) in [6.45, 7) is 1.66. The molecule has 0 fully saturated rings. The second kappa shape index (κ2) is 5.02. The van der Waals surface area contributed by atoms with E-state index in [4.69, 9.17) is 23.2 Å². The van der Waals surface area contributed by atoms with E-state index in [0.29, 0.717) is 16.5 Å². The number of aryl methyl sites for hydroxylation is 1. The first kappa shape index (κ1) is 13.9. The van der Waals surface area contributed by atoms with Crippen LogP contribution in [0.15, 0.2) is 35.0 Å². The van der Waals surface area contributed by atoms with Crippen molar-refractivity contribution >= 4 is 40.5 Å². The first-order valence-electron chi connectivity index (χ1n) is 6.05. The molecule has 1 aliphatic rings. The Morgan fingerprint density at radius 3 is 2.67 bits per heavy atom. The van der Waals surface area contributed by atoms with Crippen LogP contribution in [0, 0.1) is 6.92 Å². The van der Waals surface area contributed by atoms with Crippen LogP contribution in [0.5, 0.6) is 0 Å². The van der Waals surface area contributed by atoms with E-state index >= 15 is 0 Å². The maximum Gasteiger partial charge on any atom is 0.231 e. The number of carbonyl (C=O) groups is 2. The number of hydrogen-bond donors (Lipinski definition) is 2. The van der Waals surface area contributed by atoms with Gasteiger partial charge in [-0.15, -0.1) is 0 Å². The molecule has 0 unspecified atom stereocenters. The van der Waals surface area contributed by atoms with Gasteiger partial charge in [0, 0.05) is 10.7 Å². The summed E-state index contributed by atoms with van der Waals surface area (Å²) in [5, 5.41) is 3.17. The molecule has 1 aromatic carbocycles. The molecule has 0 saturated heterocycles. The van der Waals surface area contributed by atoms with Crippen LogP contribution in [-0.2, 0) is 0 Å². The zero-order valence-corrected chi connectivity index (χ0v) is 12.3. The molecule has 0 amide bonds. The molecule has 106 valence electrons. The number of imidazole rings is 1. The molecule has 0 atom stereocenters. The average Bonchev–Trinajstić information content (AvgIpc) is 2.84. The van der Waals surface area contributed by atoms with Gasteiger partial charge >= 0.3 is 0 Å². The number of allylic oxidation sites excluding steroid dienone is 2. The van der Waals surface area contributed by atoms with E-state index in [-0.39, 0.29) is 22.1 Å². The van der Waals surface area contributed by atoms with Gasteiger partial charge in [0.05, 0.1) is 0 Å². The molecular formula is C14H9Cl2N3O2. The summed E-state index contributed by atoms with van der Waals surface area (Å²) < 4.78 is 0. The van der Waals surface area contributed by atoms with Crippen molar-refractivity contribution in [3.05, 3.63) is 57.2 Å². The van der Waals surface area contributed by atoms with Gasteiger partial charge in [-0.2, -0.15) is 0 Å². The van der Waals surface area contributed by atoms with Crippen LogP contribution in [0.25, 0.3) is 0 Å². The van der Waals surface area contributed by atoms with Gasteiger partial charge in [-0.3, -0.25) is 9.59 Å². The Labute approximate surface area is 130 Å². The number of carbonyl (C=O) groups excluding carboxylic acids is 2. The smallest absolute Gasteiger partial charge is 0.231 e. The maximum absolute atomic E-state index is 12.4. The van der Waals surface area contributed by atoms with Crippen LogP contribution >= 0.6 is 23.2 Å². The van der Waals surface area contributed by atoms with Crippen LogP contribution in [0.3, 0.4) is 0 Å². The van der Waals surface area contributed by atoms with Crippen molar-refractivity contribution in [2.24, 2.45) is 0 Å². The molecule has 21 heavy (non-hydrogen) atoms. The summed E-state index contributed by atoms with van der Waals surface area (Å²) in [6, 6.07) is 6.76. The molecule has 0 radical (unpaired) electrons. The maximum atomic E-state index is 12.4. The largest absolute Gasteiger partial charge is 0.351 e. The van der Waals surface area contributed by atoms with Crippen LogP contribution in [0.2, 0.25) is 5.02 Å². The standard InChI is InChI=1S/C14H9Cl2N3O2/c1-6-17-11-12(18-6)14(21)10(9(16)13(11)20)19-8-4-2-3-7(15)5-8/h2-5,19H,1H3,(H,17,18). The molecule has 2 N–H and O–H groups in total. The van der Waals surface area contributed by atoms with Gasteiger partial charge in [0.1, 0.15) is 27.9 Å². The van der Waals surface area contributed by atoms with Gasteiger partial charge in [-0.05, 0) is 25.1 Å². The fraction of sp³-hybridized carbons (Fsp3) is 0.0714. The van der Waals surface area contributed by atoms with E-state index in [0.717, 1.165) is 0 Å². The van der Waals surface area contributed by atoms with Gasteiger partial charge in [-0.25, -0.2) is 4.98 Å². The van der Waals surface area contributed by atoms with Gasteiger partial charge < -0.3 is 10.3 Å². The highest BCUT2D eigenvalue weighted by Gasteiger charge is 2.34. The first-order chi connectivity index (χ1) is 9.97. The Morgan fingerprint density at radius 1 is 1.19 bits per heavy atom. The van der Waals surface area contributed by atoms with Gasteiger partial charge in [0.15, 0.2) is 0 Å². The second-order valence-corrected chi connectivity index (χ2v) is 5.34. The lowest BCUT2D eigenvalue weighted by Crippen LogP contribution is -2.24. The van der Waals surface area contributed by atoms with E-state index in [1.807, 2.05) is 0 Å². The predicted octanol–water partition coefficient (Wildman–Crippen LogP) is 3.31. The summed E-state index contributed by atoms with van der Waals surface area (Å²) in [4.78, 5) is 31.4. The number of aromatic amines is 1. The van der Waals surface area contributed by atoms with E-state index in [1.165, 1.54) is 0 Å². The van der Waals surface area contributed by atoms with Crippen molar-refractivity contribution in [2.75, 3.05) is 5.32 Å². The minimum Gasteiger partial charge on any atom is -0.351 e. The molecule has 0 saturated carbocycles. The molecule has 2 aromatic rings. The van der Waals surface area contributed by atoms with Crippen LogP contribution in [-0.4, -0.2) is 21.5 Å². The lowest BCUT2D eigenvalue weighted by Gasteiger charge is -2.15. The van der Waals surface area contributed by atoms with E-state index in [2.05, 4.69) is 15.3 Å². The summed E-state index contributed by atoms with van der Waals surface area (Å²) >= 11 is 11.9. The molecular weight excluding hydrogens is 313 g/mol. The predicted molar refractivity (Wildman–Crippen MR) is 79.9 cm³/mol. The zero-order valence-electron chi connectivity index (χ0n) is 10.8. The van der Waals surface area contributed by atoms with E-state index in [1.54, 1.807) is 31.2 Å². The number of hydrogen-bond acceptors (Lipinski definition) is 4. The summed E-state index contributed by atoms with van der Waals surface area (Å²) in [5.74, 6) is -0.412. The summed E-state index contributed by atoms with van der Waals surface area (Å²) in [6.07, 6.45) is 0. The van der Waals surface area contributed by atoms with Crippen LogP contribution in [0.4, 0.5) is 5.69 Å². The SMILES string of the molecule is Cc1nc2c([nH]1)C(=O)C(Cl)=C(Nc1cccc(Cl)c1)C2=O. The lowest BCUT2D eigenvalue weighted by atomic mass is 10.0. The molecule has 1 aliphatic carbocycles. The monoisotopic (exact) mass is 321 g/mol. The topological polar surface area (TPSA) is 74.8 Å². The van der Waals surface area contributed by atoms with Crippen molar-refractivity contribution in [3.63, 3.8) is 0 Å². The Bertz CT molecular complexity index is 808. The van der Waals surface area contributed by atoms with Crippen molar-refractivity contribution in [3.8, 4) is 0 Å². The lowest BCUT2D eigenvalue weighted by molar-refractivity contribution is 0.0977. The minimum atomic E-state index is -0.462. The number of Topliss-reactive ketones (excluding diaryl/α,β-unsaturated/α-hetero) is 2. The van der Waals surface area contributed by atoms with E-state index < -0.39 is 11.6 Å². The Hall–Kier alpha value is -2.11. The molecule has 1 aromatic heterocycles. The minimum absolute atomic E-state index is 0.00272. The average molecular weight is 322 g/mol. The fourth-order valence-corrected chi connectivity index (χ4v) is 2.50. The number of nitrogens with one attached hydrogen (secondary N) is 2. The third-order valence-electron chi connectivity index (χ3n) is 3.00. The van der Waals surface area contributed by atoms with Gasteiger partial charge in [-0.1, -0.05) is 29.3 Å². The highest BCUT2D eigenvalue weighted by Crippen LogP contribution is 2.28. The third kappa shape index (κ3) is 2.34. The number of benzene rings is 1. The van der Waals surface area contributed by atoms with Crippen LogP contribution < -0.4 is 5.32 Å². The van der Waals surface area contributed by atoms with Crippen LogP contribution in [0.1, 0.15) is 26.8 Å².